The van der Waals surface area contributed by atoms with Crippen molar-refractivity contribution in [3.05, 3.63) is 0 Å². The number of ether oxygens (including phenoxy) is 3. The molecule has 0 saturated heterocycles. The summed E-state index contributed by atoms with van der Waals surface area (Å²) in [6.07, 6.45) is 8.21. The van der Waals surface area contributed by atoms with E-state index in [9.17, 15) is 9.59 Å². The van der Waals surface area contributed by atoms with Crippen LogP contribution in [-0.2, 0) is 23.8 Å². The van der Waals surface area contributed by atoms with E-state index in [1.54, 1.807) is 0 Å². The van der Waals surface area contributed by atoms with Crippen molar-refractivity contribution < 1.29 is 23.8 Å². The van der Waals surface area contributed by atoms with Gasteiger partial charge < -0.3 is 14.2 Å². The highest BCUT2D eigenvalue weighted by molar-refractivity contribution is 5.83. The summed E-state index contributed by atoms with van der Waals surface area (Å²) in [4.78, 5) is 25.1. The lowest BCUT2D eigenvalue weighted by molar-refractivity contribution is -0.170. The minimum Gasteiger partial charge on any atom is -0.465 e. The van der Waals surface area contributed by atoms with Gasteiger partial charge in [0, 0.05) is 7.11 Å². The second-order valence-corrected chi connectivity index (χ2v) is 8.32. The van der Waals surface area contributed by atoms with Gasteiger partial charge in [0.1, 0.15) is 0 Å². The maximum absolute atomic E-state index is 12.7. The fraction of sp³-hybridized carbons (Fsp3) is 0.895. The third kappa shape index (κ3) is 2.85. The molecule has 0 radical (unpaired) electrons. The maximum Gasteiger partial charge on any atom is 0.312 e. The number of carbonyl (C=O) groups excluding carboxylic acids is 2. The van der Waals surface area contributed by atoms with E-state index in [1.807, 2.05) is 0 Å². The van der Waals surface area contributed by atoms with Crippen LogP contribution in [0.5, 0.6) is 0 Å². The number of hydrogen-bond acceptors (Lipinski definition) is 5. The third-order valence-electron chi connectivity index (χ3n) is 7.10. The molecule has 4 saturated carbocycles. The van der Waals surface area contributed by atoms with Crippen molar-refractivity contribution in [2.24, 2.45) is 41.4 Å². The van der Waals surface area contributed by atoms with Crippen molar-refractivity contribution >= 4 is 11.9 Å². The highest BCUT2D eigenvalue weighted by atomic mass is 16.7. The van der Waals surface area contributed by atoms with Crippen molar-refractivity contribution in [3.63, 3.8) is 0 Å². The molecule has 0 aromatic rings. The molecule has 7 atom stereocenters. The van der Waals surface area contributed by atoms with Gasteiger partial charge in [0.15, 0.2) is 6.79 Å². The number of hydrogen-bond donors (Lipinski definition) is 0. The summed E-state index contributed by atoms with van der Waals surface area (Å²) in [5, 5.41) is 0. The molecule has 5 nitrogen and oxygen atoms in total. The lowest BCUT2D eigenvalue weighted by Crippen LogP contribution is -2.37. The molecule has 0 N–H and O–H groups in total. The van der Waals surface area contributed by atoms with Crippen LogP contribution in [0.4, 0.5) is 0 Å². The van der Waals surface area contributed by atoms with E-state index in [0.717, 1.165) is 31.1 Å². The largest absolute Gasteiger partial charge is 0.465 e. The Morgan fingerprint density at radius 2 is 1.50 bits per heavy atom. The Kier molecular flexibility index (Phi) is 4.54. The molecule has 0 aromatic heterocycles. The van der Waals surface area contributed by atoms with Crippen molar-refractivity contribution in [2.45, 2.75) is 44.9 Å². The molecule has 134 valence electrons. The molecule has 4 aliphatic carbocycles. The van der Waals surface area contributed by atoms with Crippen LogP contribution in [0.25, 0.3) is 0 Å². The zero-order valence-corrected chi connectivity index (χ0v) is 14.4. The van der Waals surface area contributed by atoms with E-state index in [-0.39, 0.29) is 36.5 Å². The van der Waals surface area contributed by atoms with E-state index in [2.05, 4.69) is 0 Å². The van der Waals surface area contributed by atoms with Gasteiger partial charge in [0.2, 0.25) is 0 Å². The van der Waals surface area contributed by atoms with Crippen LogP contribution in [0.3, 0.4) is 0 Å². The summed E-state index contributed by atoms with van der Waals surface area (Å²) in [6.45, 7) is 0.507. The molecule has 0 amide bonds. The minimum atomic E-state index is -0.327. The first-order valence-corrected chi connectivity index (χ1v) is 9.49. The fourth-order valence-electron chi connectivity index (χ4n) is 6.05. The van der Waals surface area contributed by atoms with Crippen LogP contribution < -0.4 is 0 Å². The minimum absolute atomic E-state index is 0.0420. The first-order chi connectivity index (χ1) is 11.7. The van der Waals surface area contributed by atoms with Crippen LogP contribution in [0.15, 0.2) is 0 Å². The van der Waals surface area contributed by atoms with Crippen LogP contribution in [0.1, 0.15) is 44.9 Å². The SMILES string of the molecule is COCOC(=O)C1C2CCC(C2)C1C(=O)OCC1CC2CCC1C2. The number of methoxy groups -OCH3 is 1. The Morgan fingerprint density at radius 1 is 0.833 bits per heavy atom. The zero-order chi connectivity index (χ0) is 16.7. The van der Waals surface area contributed by atoms with E-state index in [1.165, 1.54) is 32.8 Å². The Labute approximate surface area is 143 Å². The van der Waals surface area contributed by atoms with Crippen molar-refractivity contribution in [1.29, 1.82) is 0 Å². The summed E-state index contributed by atoms with van der Waals surface area (Å²) in [6, 6.07) is 0. The highest BCUT2D eigenvalue weighted by Crippen LogP contribution is 2.53. The van der Waals surface area contributed by atoms with Crippen molar-refractivity contribution in [2.75, 3.05) is 20.5 Å². The van der Waals surface area contributed by atoms with Gasteiger partial charge in [-0.3, -0.25) is 9.59 Å². The fourth-order valence-corrected chi connectivity index (χ4v) is 6.05. The third-order valence-corrected chi connectivity index (χ3v) is 7.10. The Bertz CT molecular complexity index is 504. The summed E-state index contributed by atoms with van der Waals surface area (Å²) in [7, 11) is 1.50. The van der Waals surface area contributed by atoms with Crippen LogP contribution in [-0.4, -0.2) is 32.4 Å². The van der Waals surface area contributed by atoms with Crippen molar-refractivity contribution in [3.8, 4) is 0 Å². The van der Waals surface area contributed by atoms with E-state index in [4.69, 9.17) is 14.2 Å². The highest BCUT2D eigenvalue weighted by Gasteiger charge is 2.55. The molecule has 24 heavy (non-hydrogen) atoms. The van der Waals surface area contributed by atoms with E-state index >= 15 is 0 Å². The molecule has 0 heterocycles. The average molecular weight is 336 g/mol. The normalized spacial score (nSPS) is 42.5. The number of fused-ring (bicyclic) bond motifs is 4. The molecule has 0 spiro atoms. The van der Waals surface area contributed by atoms with Crippen molar-refractivity contribution in [1.82, 2.24) is 0 Å². The molecule has 5 heteroatoms. The molecule has 7 unspecified atom stereocenters. The standard InChI is InChI=1S/C19H28O5/c1-22-10-24-19(21)17-14-5-4-13(8-14)16(17)18(20)23-9-15-7-11-2-3-12(15)6-11/h11-17H,2-10H2,1H3. The van der Waals surface area contributed by atoms with Gasteiger partial charge in [-0.15, -0.1) is 0 Å². The topological polar surface area (TPSA) is 61.8 Å². The maximum atomic E-state index is 12.7. The van der Waals surface area contributed by atoms with E-state index in [0.29, 0.717) is 18.4 Å². The van der Waals surface area contributed by atoms with Crippen LogP contribution >= 0.6 is 0 Å². The molecule has 0 aliphatic heterocycles. The van der Waals surface area contributed by atoms with Gasteiger partial charge >= 0.3 is 11.9 Å². The Balaban J connectivity index is 1.36. The molecule has 4 bridgehead atoms. The predicted octanol–water partition coefficient (Wildman–Crippen LogP) is 2.78. The van der Waals surface area contributed by atoms with Crippen LogP contribution in [0.2, 0.25) is 0 Å². The summed E-state index contributed by atoms with van der Waals surface area (Å²) < 4.78 is 15.7. The van der Waals surface area contributed by atoms with Gasteiger partial charge in [0.05, 0.1) is 18.4 Å². The predicted molar refractivity (Wildman–Crippen MR) is 85.7 cm³/mol. The van der Waals surface area contributed by atoms with Crippen LogP contribution in [0, 0.1) is 41.4 Å². The molecule has 4 aliphatic rings. The smallest absolute Gasteiger partial charge is 0.312 e. The lowest BCUT2D eigenvalue weighted by atomic mass is 9.79. The summed E-state index contributed by atoms with van der Waals surface area (Å²) in [5.74, 6) is 1.66. The number of carbonyl (C=O) groups is 2. The van der Waals surface area contributed by atoms with Gasteiger partial charge in [-0.2, -0.15) is 0 Å². The average Bonchev–Trinajstić information content (AvgIpc) is 3.36. The first-order valence-electron chi connectivity index (χ1n) is 9.49. The number of rotatable bonds is 6. The first kappa shape index (κ1) is 16.4. The Morgan fingerprint density at radius 3 is 2.08 bits per heavy atom. The monoisotopic (exact) mass is 336 g/mol. The summed E-state index contributed by atoms with van der Waals surface area (Å²) >= 11 is 0. The zero-order valence-electron chi connectivity index (χ0n) is 14.4. The van der Waals surface area contributed by atoms with Gasteiger partial charge in [-0.1, -0.05) is 6.42 Å². The molecular formula is C19H28O5. The lowest BCUT2D eigenvalue weighted by Gasteiger charge is -2.29. The molecule has 4 rings (SSSR count). The van der Waals surface area contributed by atoms with Gasteiger partial charge in [-0.25, -0.2) is 0 Å². The molecule has 4 fully saturated rings. The number of esters is 2. The van der Waals surface area contributed by atoms with E-state index < -0.39 is 0 Å². The Hall–Kier alpha value is -1.10. The van der Waals surface area contributed by atoms with Gasteiger partial charge in [-0.05, 0) is 68.1 Å². The second kappa shape index (κ2) is 6.66. The van der Waals surface area contributed by atoms with Gasteiger partial charge in [0.25, 0.3) is 0 Å². The summed E-state index contributed by atoms with van der Waals surface area (Å²) in [5.41, 5.74) is 0. The molecular weight excluding hydrogens is 308 g/mol. The molecule has 0 aromatic carbocycles. The quantitative estimate of drug-likeness (QED) is 0.551. The second-order valence-electron chi connectivity index (χ2n) is 8.32.